The quantitative estimate of drug-likeness (QED) is 0.909. The molecule has 1 aromatic heterocycles. The monoisotopic (exact) mass is 280 g/mol. The Balaban J connectivity index is 1.86. The lowest BCUT2D eigenvalue weighted by Gasteiger charge is -2.37. The highest BCUT2D eigenvalue weighted by Crippen LogP contribution is 2.38. The van der Waals surface area contributed by atoms with Crippen LogP contribution in [0.2, 0.25) is 0 Å². The van der Waals surface area contributed by atoms with Crippen molar-refractivity contribution < 1.29 is 0 Å². The highest BCUT2D eigenvalue weighted by atomic mass is 15.1. The summed E-state index contributed by atoms with van der Waals surface area (Å²) in [5.74, 6) is 0. The molecule has 0 aliphatic heterocycles. The van der Waals surface area contributed by atoms with Gasteiger partial charge >= 0.3 is 0 Å². The van der Waals surface area contributed by atoms with Gasteiger partial charge in [-0.25, -0.2) is 4.98 Å². The molecule has 0 bridgehead atoms. The molecule has 0 saturated heterocycles. The minimum atomic E-state index is -0.506. The Hall–Kier alpha value is -2.36. The second-order valence-corrected chi connectivity index (χ2v) is 5.94. The number of rotatable bonds is 3. The van der Waals surface area contributed by atoms with Gasteiger partial charge in [0, 0.05) is 12.1 Å². The standard InChI is InChI=1S/C15H16N6/c16-7-13-14(8-17)21(10-19-13)12-2-1-5-15(6-12,9-18)20-11-3-4-11/h10-12,20H,1-6H2. The first-order chi connectivity index (χ1) is 10.2. The van der Waals surface area contributed by atoms with Crippen LogP contribution >= 0.6 is 0 Å². The molecule has 3 rings (SSSR count). The maximum Gasteiger partial charge on any atom is 0.176 e. The Labute approximate surface area is 123 Å². The van der Waals surface area contributed by atoms with Crippen LogP contribution in [0, 0.1) is 34.0 Å². The molecule has 6 nitrogen and oxygen atoms in total. The summed E-state index contributed by atoms with van der Waals surface area (Å²) in [6, 6.07) is 6.99. The minimum absolute atomic E-state index is 0.0499. The molecule has 0 spiro atoms. The van der Waals surface area contributed by atoms with E-state index in [0.717, 1.165) is 32.1 Å². The van der Waals surface area contributed by atoms with E-state index in [1.165, 1.54) is 0 Å². The van der Waals surface area contributed by atoms with Gasteiger partial charge in [0.1, 0.15) is 17.7 Å². The summed E-state index contributed by atoms with van der Waals surface area (Å²) in [6.07, 6.45) is 7.19. The molecular weight excluding hydrogens is 264 g/mol. The van der Waals surface area contributed by atoms with Crippen molar-refractivity contribution in [2.75, 3.05) is 0 Å². The van der Waals surface area contributed by atoms with Crippen molar-refractivity contribution in [3.05, 3.63) is 17.7 Å². The molecule has 1 aromatic rings. The van der Waals surface area contributed by atoms with Gasteiger partial charge in [-0.1, -0.05) is 0 Å². The molecule has 6 heteroatoms. The van der Waals surface area contributed by atoms with Crippen LogP contribution in [0.4, 0.5) is 0 Å². The van der Waals surface area contributed by atoms with Crippen LogP contribution in [-0.4, -0.2) is 21.1 Å². The summed E-state index contributed by atoms with van der Waals surface area (Å²) >= 11 is 0. The number of hydrogen-bond donors (Lipinski definition) is 1. The van der Waals surface area contributed by atoms with Gasteiger partial charge in [-0.15, -0.1) is 0 Å². The number of nitrogens with one attached hydrogen (secondary N) is 1. The van der Waals surface area contributed by atoms with Crippen LogP contribution in [0.3, 0.4) is 0 Å². The molecule has 2 saturated carbocycles. The molecule has 21 heavy (non-hydrogen) atoms. The number of nitrogens with zero attached hydrogens (tertiary/aromatic N) is 5. The van der Waals surface area contributed by atoms with Crippen LogP contribution < -0.4 is 5.32 Å². The van der Waals surface area contributed by atoms with Crippen molar-refractivity contribution in [1.29, 1.82) is 15.8 Å². The van der Waals surface area contributed by atoms with Gasteiger partial charge in [-0.2, -0.15) is 15.8 Å². The highest BCUT2D eigenvalue weighted by Gasteiger charge is 2.41. The third kappa shape index (κ3) is 2.49. The third-order valence-corrected chi connectivity index (χ3v) is 4.40. The van der Waals surface area contributed by atoms with Crippen LogP contribution in [0.1, 0.15) is 56.0 Å². The van der Waals surface area contributed by atoms with E-state index in [4.69, 9.17) is 5.26 Å². The average molecular weight is 280 g/mol. The Morgan fingerprint density at radius 1 is 1.24 bits per heavy atom. The van der Waals surface area contributed by atoms with Gasteiger partial charge in [-0.05, 0) is 38.5 Å². The lowest BCUT2D eigenvalue weighted by atomic mass is 9.79. The van der Waals surface area contributed by atoms with Crippen molar-refractivity contribution in [2.24, 2.45) is 0 Å². The van der Waals surface area contributed by atoms with Crippen molar-refractivity contribution >= 4 is 0 Å². The lowest BCUT2D eigenvalue weighted by Crippen LogP contribution is -2.49. The average Bonchev–Trinajstić information content (AvgIpc) is 3.22. The molecule has 2 atom stereocenters. The number of hydrogen-bond acceptors (Lipinski definition) is 5. The fourth-order valence-corrected chi connectivity index (χ4v) is 3.20. The molecule has 0 amide bonds. The molecule has 2 aliphatic carbocycles. The van der Waals surface area contributed by atoms with Gasteiger partial charge in [0.15, 0.2) is 11.4 Å². The van der Waals surface area contributed by atoms with E-state index >= 15 is 0 Å². The number of imidazole rings is 1. The van der Waals surface area contributed by atoms with Gasteiger partial charge in [0.25, 0.3) is 0 Å². The largest absolute Gasteiger partial charge is 0.318 e. The van der Waals surface area contributed by atoms with Crippen LogP contribution in [0.25, 0.3) is 0 Å². The van der Waals surface area contributed by atoms with E-state index in [1.807, 2.05) is 6.07 Å². The van der Waals surface area contributed by atoms with Crippen molar-refractivity contribution in [3.63, 3.8) is 0 Å². The summed E-state index contributed by atoms with van der Waals surface area (Å²) in [5, 5.41) is 31.3. The first-order valence-corrected chi connectivity index (χ1v) is 7.27. The van der Waals surface area contributed by atoms with E-state index in [9.17, 15) is 10.5 Å². The summed E-state index contributed by atoms with van der Waals surface area (Å²) in [7, 11) is 0. The SMILES string of the molecule is N#Cc1ncn(C2CCCC(C#N)(NC3CC3)C2)c1C#N. The first-order valence-electron chi connectivity index (χ1n) is 7.27. The van der Waals surface area contributed by atoms with Gasteiger partial charge in [0.05, 0.1) is 12.4 Å². The van der Waals surface area contributed by atoms with E-state index in [-0.39, 0.29) is 11.7 Å². The van der Waals surface area contributed by atoms with Gasteiger partial charge in [0.2, 0.25) is 0 Å². The highest BCUT2D eigenvalue weighted by molar-refractivity contribution is 5.36. The van der Waals surface area contributed by atoms with E-state index < -0.39 is 5.54 Å². The third-order valence-electron chi connectivity index (χ3n) is 4.40. The molecule has 1 heterocycles. The Morgan fingerprint density at radius 3 is 2.67 bits per heavy atom. The van der Waals surface area contributed by atoms with Crippen molar-refractivity contribution in [3.8, 4) is 18.2 Å². The molecule has 106 valence electrons. The zero-order valence-corrected chi connectivity index (χ0v) is 11.7. The van der Waals surface area contributed by atoms with Crippen molar-refractivity contribution in [1.82, 2.24) is 14.9 Å². The Bertz CT molecular complexity index is 666. The zero-order chi connectivity index (χ0) is 14.9. The summed E-state index contributed by atoms with van der Waals surface area (Å²) in [5.41, 5.74) is -0.0307. The Kier molecular flexibility index (Phi) is 3.37. The summed E-state index contributed by atoms with van der Waals surface area (Å²) in [4.78, 5) is 4.00. The fraction of sp³-hybridized carbons (Fsp3) is 0.600. The predicted octanol–water partition coefficient (Wildman–Crippen LogP) is 1.76. The molecule has 1 N–H and O–H groups in total. The molecule has 2 aliphatic rings. The van der Waals surface area contributed by atoms with Crippen LogP contribution in [0.5, 0.6) is 0 Å². The second kappa shape index (κ2) is 5.20. The smallest absolute Gasteiger partial charge is 0.176 e. The van der Waals surface area contributed by atoms with Gasteiger partial charge < -0.3 is 4.57 Å². The van der Waals surface area contributed by atoms with E-state index in [1.54, 1.807) is 10.9 Å². The second-order valence-electron chi connectivity index (χ2n) is 5.94. The molecule has 2 unspecified atom stereocenters. The van der Waals surface area contributed by atoms with E-state index in [0.29, 0.717) is 18.2 Å². The summed E-state index contributed by atoms with van der Waals surface area (Å²) in [6.45, 7) is 0. The Morgan fingerprint density at radius 2 is 2.05 bits per heavy atom. The minimum Gasteiger partial charge on any atom is -0.318 e. The van der Waals surface area contributed by atoms with Crippen LogP contribution in [-0.2, 0) is 0 Å². The maximum absolute atomic E-state index is 9.61. The topological polar surface area (TPSA) is 101 Å². The molecular formula is C15H16N6. The maximum atomic E-state index is 9.61. The lowest BCUT2D eigenvalue weighted by molar-refractivity contribution is 0.228. The summed E-state index contributed by atoms with van der Waals surface area (Å²) < 4.78 is 1.78. The zero-order valence-electron chi connectivity index (χ0n) is 11.7. The number of nitriles is 3. The molecule has 0 aromatic carbocycles. The fourth-order valence-electron chi connectivity index (χ4n) is 3.20. The van der Waals surface area contributed by atoms with E-state index in [2.05, 4.69) is 22.4 Å². The molecule has 2 fully saturated rings. The van der Waals surface area contributed by atoms with Gasteiger partial charge in [-0.3, -0.25) is 5.32 Å². The normalized spacial score (nSPS) is 28.3. The van der Waals surface area contributed by atoms with Crippen molar-refractivity contribution in [2.45, 2.75) is 56.1 Å². The first kappa shape index (κ1) is 13.6. The predicted molar refractivity (Wildman–Crippen MR) is 73.7 cm³/mol. The number of aromatic nitrogens is 2. The molecule has 0 radical (unpaired) electrons. The van der Waals surface area contributed by atoms with Crippen LogP contribution in [0.15, 0.2) is 6.33 Å².